The summed E-state index contributed by atoms with van der Waals surface area (Å²) in [5.74, 6) is 0. The van der Waals surface area contributed by atoms with Gasteiger partial charge in [-0.2, -0.15) is 0 Å². The molecule has 2 heteroatoms. The second-order valence-corrected chi connectivity index (χ2v) is 4.05. The van der Waals surface area contributed by atoms with Gasteiger partial charge < -0.3 is 5.32 Å². The van der Waals surface area contributed by atoms with Crippen molar-refractivity contribution in [3.8, 4) is 0 Å². The number of aryl methyl sites for hydroxylation is 1. The van der Waals surface area contributed by atoms with Crippen molar-refractivity contribution in [3.63, 3.8) is 0 Å². The van der Waals surface area contributed by atoms with Crippen LogP contribution in [0.2, 0.25) is 5.02 Å². The summed E-state index contributed by atoms with van der Waals surface area (Å²) in [5, 5.41) is 4.13. The number of rotatable bonds is 4. The number of halogens is 1. The van der Waals surface area contributed by atoms with Crippen molar-refractivity contribution in [2.24, 2.45) is 0 Å². The molecule has 1 N–H and O–H groups in total. The van der Waals surface area contributed by atoms with Crippen LogP contribution in [0.1, 0.15) is 18.1 Å². The topological polar surface area (TPSA) is 12.0 Å². The van der Waals surface area contributed by atoms with Gasteiger partial charge in [-0.05, 0) is 31.0 Å². The summed E-state index contributed by atoms with van der Waals surface area (Å²) in [6.45, 7) is 9.60. The highest BCUT2D eigenvalue weighted by Gasteiger charge is 1.97. The van der Waals surface area contributed by atoms with Gasteiger partial charge in [-0.1, -0.05) is 35.9 Å². The monoisotopic (exact) mass is 209 g/mol. The predicted molar refractivity (Wildman–Crippen MR) is 62.7 cm³/mol. The maximum Gasteiger partial charge on any atom is 0.0435 e. The zero-order valence-corrected chi connectivity index (χ0v) is 9.49. The Labute approximate surface area is 90.8 Å². The van der Waals surface area contributed by atoms with Gasteiger partial charge >= 0.3 is 0 Å². The summed E-state index contributed by atoms with van der Waals surface area (Å²) >= 11 is 5.93. The molecule has 0 amide bonds. The van der Waals surface area contributed by atoms with E-state index in [0.717, 1.165) is 29.2 Å². The molecule has 0 saturated heterocycles. The first kappa shape index (κ1) is 11.3. The lowest BCUT2D eigenvalue weighted by Crippen LogP contribution is -2.15. The van der Waals surface area contributed by atoms with Gasteiger partial charge in [0.1, 0.15) is 0 Å². The molecule has 0 radical (unpaired) electrons. The SMILES string of the molecule is C=C(C)CNCc1ccc(Cl)c(C)c1. The Kier molecular flexibility index (Phi) is 4.18. The molecule has 1 rings (SSSR count). The Morgan fingerprint density at radius 1 is 1.50 bits per heavy atom. The highest BCUT2D eigenvalue weighted by molar-refractivity contribution is 6.31. The smallest absolute Gasteiger partial charge is 0.0435 e. The van der Waals surface area contributed by atoms with Crippen LogP contribution in [0.5, 0.6) is 0 Å². The maximum atomic E-state index is 5.93. The van der Waals surface area contributed by atoms with Crippen molar-refractivity contribution in [3.05, 3.63) is 46.5 Å². The minimum atomic E-state index is 0.827. The van der Waals surface area contributed by atoms with Crippen molar-refractivity contribution >= 4 is 11.6 Å². The maximum absolute atomic E-state index is 5.93. The Morgan fingerprint density at radius 2 is 2.21 bits per heavy atom. The van der Waals surface area contributed by atoms with E-state index in [1.165, 1.54) is 5.56 Å². The molecule has 0 unspecified atom stereocenters. The van der Waals surface area contributed by atoms with Crippen LogP contribution in [0, 0.1) is 6.92 Å². The van der Waals surface area contributed by atoms with Crippen LogP contribution < -0.4 is 5.32 Å². The number of hydrogen-bond acceptors (Lipinski definition) is 1. The Hall–Kier alpha value is -0.790. The third-order valence-electron chi connectivity index (χ3n) is 1.98. The Bertz CT molecular complexity index is 331. The molecule has 1 aromatic carbocycles. The van der Waals surface area contributed by atoms with Gasteiger partial charge in [-0.3, -0.25) is 0 Å². The van der Waals surface area contributed by atoms with E-state index in [9.17, 15) is 0 Å². The first-order valence-electron chi connectivity index (χ1n) is 4.69. The fourth-order valence-corrected chi connectivity index (χ4v) is 1.35. The normalized spacial score (nSPS) is 10.2. The summed E-state index contributed by atoms with van der Waals surface area (Å²) in [6.07, 6.45) is 0. The summed E-state index contributed by atoms with van der Waals surface area (Å²) in [7, 11) is 0. The molecule has 0 aliphatic rings. The van der Waals surface area contributed by atoms with Crippen LogP contribution in [0.3, 0.4) is 0 Å². The van der Waals surface area contributed by atoms with E-state index in [-0.39, 0.29) is 0 Å². The highest BCUT2D eigenvalue weighted by atomic mass is 35.5. The average Bonchev–Trinajstić information content (AvgIpc) is 2.10. The van der Waals surface area contributed by atoms with Gasteiger partial charge in [0.25, 0.3) is 0 Å². The van der Waals surface area contributed by atoms with Crippen LogP contribution in [0.25, 0.3) is 0 Å². The minimum Gasteiger partial charge on any atom is -0.309 e. The molecule has 0 heterocycles. The van der Waals surface area contributed by atoms with Crippen molar-refractivity contribution < 1.29 is 0 Å². The van der Waals surface area contributed by atoms with E-state index in [1.807, 2.05) is 26.0 Å². The van der Waals surface area contributed by atoms with E-state index >= 15 is 0 Å². The van der Waals surface area contributed by atoms with Crippen molar-refractivity contribution in [2.75, 3.05) is 6.54 Å². The van der Waals surface area contributed by atoms with Gasteiger partial charge in [-0.25, -0.2) is 0 Å². The van der Waals surface area contributed by atoms with Crippen molar-refractivity contribution in [1.29, 1.82) is 0 Å². The summed E-state index contributed by atoms with van der Waals surface area (Å²) in [6, 6.07) is 6.09. The number of nitrogens with one attached hydrogen (secondary N) is 1. The molecule has 0 spiro atoms. The Balaban J connectivity index is 2.51. The van der Waals surface area contributed by atoms with Crippen molar-refractivity contribution in [1.82, 2.24) is 5.32 Å². The van der Waals surface area contributed by atoms with Crippen LogP contribution >= 0.6 is 11.6 Å². The summed E-state index contributed by atoms with van der Waals surface area (Å²) in [5.41, 5.74) is 3.53. The van der Waals surface area contributed by atoms with E-state index < -0.39 is 0 Å². The molecular weight excluding hydrogens is 194 g/mol. The number of hydrogen-bond donors (Lipinski definition) is 1. The second-order valence-electron chi connectivity index (χ2n) is 3.64. The number of benzene rings is 1. The van der Waals surface area contributed by atoms with Crippen molar-refractivity contribution in [2.45, 2.75) is 20.4 Å². The standard InChI is InChI=1S/C12H16ClN/c1-9(2)7-14-8-11-4-5-12(13)10(3)6-11/h4-6,14H,1,7-8H2,2-3H3. The first-order chi connectivity index (χ1) is 6.59. The zero-order valence-electron chi connectivity index (χ0n) is 8.73. The fraction of sp³-hybridized carbons (Fsp3) is 0.333. The molecular formula is C12H16ClN. The van der Waals surface area contributed by atoms with Crippen LogP contribution in [0.15, 0.2) is 30.4 Å². The lowest BCUT2D eigenvalue weighted by molar-refractivity contribution is 0.740. The zero-order chi connectivity index (χ0) is 10.6. The lowest BCUT2D eigenvalue weighted by atomic mass is 10.1. The predicted octanol–water partition coefficient (Wildman–Crippen LogP) is 3.31. The van der Waals surface area contributed by atoms with E-state index in [0.29, 0.717) is 0 Å². The van der Waals surface area contributed by atoms with Gasteiger partial charge in [0.05, 0.1) is 0 Å². The molecule has 0 fully saturated rings. The van der Waals surface area contributed by atoms with Gasteiger partial charge in [0, 0.05) is 18.1 Å². The van der Waals surface area contributed by atoms with Gasteiger partial charge in [0.15, 0.2) is 0 Å². The molecule has 0 saturated carbocycles. The summed E-state index contributed by atoms with van der Waals surface area (Å²) in [4.78, 5) is 0. The molecule has 76 valence electrons. The van der Waals surface area contributed by atoms with Gasteiger partial charge in [0.2, 0.25) is 0 Å². The summed E-state index contributed by atoms with van der Waals surface area (Å²) < 4.78 is 0. The third kappa shape index (κ3) is 3.52. The third-order valence-corrected chi connectivity index (χ3v) is 2.40. The molecule has 1 nitrogen and oxygen atoms in total. The molecule has 0 aromatic heterocycles. The fourth-order valence-electron chi connectivity index (χ4n) is 1.24. The first-order valence-corrected chi connectivity index (χ1v) is 5.07. The van der Waals surface area contributed by atoms with Crippen LogP contribution in [0.4, 0.5) is 0 Å². The molecule has 14 heavy (non-hydrogen) atoms. The van der Waals surface area contributed by atoms with Gasteiger partial charge in [-0.15, -0.1) is 0 Å². The minimum absolute atomic E-state index is 0.827. The van der Waals surface area contributed by atoms with E-state index in [4.69, 9.17) is 11.6 Å². The average molecular weight is 210 g/mol. The Morgan fingerprint density at radius 3 is 2.79 bits per heavy atom. The second kappa shape index (κ2) is 5.18. The molecule has 0 bridgehead atoms. The molecule has 0 aliphatic carbocycles. The molecule has 1 aromatic rings. The quantitative estimate of drug-likeness (QED) is 0.751. The van der Waals surface area contributed by atoms with E-state index in [2.05, 4.69) is 18.0 Å². The molecule has 0 atom stereocenters. The van der Waals surface area contributed by atoms with E-state index in [1.54, 1.807) is 0 Å². The largest absolute Gasteiger partial charge is 0.309 e. The van der Waals surface area contributed by atoms with Crippen LogP contribution in [-0.2, 0) is 6.54 Å². The molecule has 0 aliphatic heterocycles. The van der Waals surface area contributed by atoms with Crippen LogP contribution in [-0.4, -0.2) is 6.54 Å². The lowest BCUT2D eigenvalue weighted by Gasteiger charge is -2.06. The highest BCUT2D eigenvalue weighted by Crippen LogP contribution is 2.15.